The third-order valence-electron chi connectivity index (χ3n) is 3.35. The van der Waals surface area contributed by atoms with Crippen LogP contribution in [0.5, 0.6) is 0 Å². The number of hydrogen-bond acceptors (Lipinski definition) is 2. The zero-order valence-corrected chi connectivity index (χ0v) is 10.8. The van der Waals surface area contributed by atoms with Gasteiger partial charge in [0.05, 0.1) is 0 Å². The Hall–Kier alpha value is -1.12. The number of hydrogen-bond donors (Lipinski definition) is 1. The van der Waals surface area contributed by atoms with Crippen LogP contribution < -0.4 is 5.32 Å². The molecule has 0 amide bonds. The van der Waals surface area contributed by atoms with Crippen LogP contribution in [-0.2, 0) is 6.54 Å². The number of nitrogens with one attached hydrogen (secondary N) is 1. The smallest absolute Gasteiger partial charge is 0.0302 e. The van der Waals surface area contributed by atoms with E-state index in [1.54, 1.807) is 0 Å². The fourth-order valence-corrected chi connectivity index (χ4v) is 3.14. The molecule has 2 aromatic rings. The molecule has 0 spiro atoms. The molecule has 0 bridgehead atoms. The average Bonchev–Trinajstić information content (AvgIpc) is 3.03. The highest BCUT2D eigenvalue weighted by molar-refractivity contribution is 7.11. The fraction of sp³-hybridized carbons (Fsp3) is 0.333. The molecular formula is C15H17NS. The van der Waals surface area contributed by atoms with Gasteiger partial charge in [0.25, 0.3) is 0 Å². The van der Waals surface area contributed by atoms with E-state index in [9.17, 15) is 0 Å². The first-order valence-electron chi connectivity index (χ1n) is 6.16. The number of aryl methyl sites for hydroxylation is 1. The highest BCUT2D eigenvalue weighted by Gasteiger charge is 2.37. The Balaban J connectivity index is 1.53. The van der Waals surface area contributed by atoms with Gasteiger partial charge in [-0.3, -0.25) is 0 Å². The summed E-state index contributed by atoms with van der Waals surface area (Å²) in [6.45, 7) is 3.19. The number of rotatable bonds is 4. The molecule has 2 unspecified atom stereocenters. The Morgan fingerprint density at radius 1 is 1.18 bits per heavy atom. The quantitative estimate of drug-likeness (QED) is 0.863. The summed E-state index contributed by atoms with van der Waals surface area (Å²) < 4.78 is 0. The van der Waals surface area contributed by atoms with Crippen LogP contribution in [0.2, 0.25) is 0 Å². The zero-order valence-electron chi connectivity index (χ0n) is 10.0. The highest BCUT2D eigenvalue weighted by Crippen LogP contribution is 2.40. The van der Waals surface area contributed by atoms with Crippen molar-refractivity contribution in [1.82, 2.24) is 5.32 Å². The molecule has 1 fully saturated rings. The van der Waals surface area contributed by atoms with Crippen molar-refractivity contribution in [3.8, 4) is 0 Å². The van der Waals surface area contributed by atoms with E-state index in [0.717, 1.165) is 12.5 Å². The van der Waals surface area contributed by atoms with Gasteiger partial charge in [0.1, 0.15) is 0 Å². The first-order chi connectivity index (χ1) is 8.33. The first-order valence-corrected chi connectivity index (χ1v) is 6.98. The summed E-state index contributed by atoms with van der Waals surface area (Å²) in [4.78, 5) is 2.85. The standard InChI is InChI=1S/C15H17NS/c1-11-7-8-13(17-11)10-16-15-9-14(15)12-5-3-2-4-6-12/h2-8,14-16H,9-10H2,1H3. The molecule has 0 aliphatic heterocycles. The van der Waals surface area contributed by atoms with E-state index in [4.69, 9.17) is 0 Å². The van der Waals surface area contributed by atoms with Crippen LogP contribution in [0.15, 0.2) is 42.5 Å². The van der Waals surface area contributed by atoms with Crippen LogP contribution >= 0.6 is 11.3 Å². The lowest BCUT2D eigenvalue weighted by atomic mass is 10.1. The summed E-state index contributed by atoms with van der Waals surface area (Å²) in [5, 5.41) is 3.65. The Labute approximate surface area is 106 Å². The van der Waals surface area contributed by atoms with Gasteiger partial charge in [-0.2, -0.15) is 0 Å². The Bertz CT molecular complexity index is 489. The van der Waals surface area contributed by atoms with E-state index in [1.807, 2.05) is 11.3 Å². The van der Waals surface area contributed by atoms with Gasteiger partial charge in [-0.25, -0.2) is 0 Å². The third kappa shape index (κ3) is 2.59. The molecule has 0 radical (unpaired) electrons. The second kappa shape index (κ2) is 4.63. The van der Waals surface area contributed by atoms with E-state index in [-0.39, 0.29) is 0 Å². The maximum Gasteiger partial charge on any atom is 0.0302 e. The molecule has 1 aliphatic rings. The predicted octanol–water partition coefficient (Wildman–Crippen LogP) is 3.70. The maximum atomic E-state index is 3.65. The van der Waals surface area contributed by atoms with Crippen molar-refractivity contribution in [2.24, 2.45) is 0 Å². The summed E-state index contributed by atoms with van der Waals surface area (Å²) in [6, 6.07) is 15.9. The Kier molecular flexibility index (Phi) is 3.00. The summed E-state index contributed by atoms with van der Waals surface area (Å²) >= 11 is 1.89. The van der Waals surface area contributed by atoms with Crippen molar-refractivity contribution < 1.29 is 0 Å². The van der Waals surface area contributed by atoms with Crippen molar-refractivity contribution in [2.75, 3.05) is 0 Å². The van der Waals surface area contributed by atoms with Crippen LogP contribution in [0.1, 0.15) is 27.7 Å². The molecule has 17 heavy (non-hydrogen) atoms. The van der Waals surface area contributed by atoms with Crippen LogP contribution in [0.25, 0.3) is 0 Å². The second-order valence-electron chi connectivity index (χ2n) is 4.75. The van der Waals surface area contributed by atoms with Gasteiger partial charge < -0.3 is 5.32 Å². The van der Waals surface area contributed by atoms with Gasteiger partial charge >= 0.3 is 0 Å². The van der Waals surface area contributed by atoms with E-state index in [0.29, 0.717) is 6.04 Å². The van der Waals surface area contributed by atoms with Crippen molar-refractivity contribution in [2.45, 2.75) is 31.8 Å². The summed E-state index contributed by atoms with van der Waals surface area (Å²) in [5.74, 6) is 0.734. The molecule has 1 saturated carbocycles. The van der Waals surface area contributed by atoms with E-state index in [2.05, 4.69) is 54.7 Å². The third-order valence-corrected chi connectivity index (χ3v) is 4.35. The highest BCUT2D eigenvalue weighted by atomic mass is 32.1. The largest absolute Gasteiger partial charge is 0.308 e. The summed E-state index contributed by atoms with van der Waals surface area (Å²) in [6.07, 6.45) is 1.29. The van der Waals surface area contributed by atoms with Gasteiger partial charge in [0.15, 0.2) is 0 Å². The summed E-state index contributed by atoms with van der Waals surface area (Å²) in [5.41, 5.74) is 1.48. The molecule has 2 heteroatoms. The van der Waals surface area contributed by atoms with Crippen molar-refractivity contribution in [1.29, 1.82) is 0 Å². The Morgan fingerprint density at radius 3 is 2.71 bits per heavy atom. The molecule has 1 aromatic heterocycles. The number of benzene rings is 1. The average molecular weight is 243 g/mol. The molecule has 1 aromatic carbocycles. The van der Waals surface area contributed by atoms with Crippen LogP contribution in [0.3, 0.4) is 0 Å². The van der Waals surface area contributed by atoms with Crippen LogP contribution in [-0.4, -0.2) is 6.04 Å². The topological polar surface area (TPSA) is 12.0 Å². The van der Waals surface area contributed by atoms with E-state index in [1.165, 1.54) is 21.7 Å². The monoisotopic (exact) mass is 243 g/mol. The molecule has 1 N–H and O–H groups in total. The number of thiophene rings is 1. The van der Waals surface area contributed by atoms with Crippen molar-refractivity contribution in [3.63, 3.8) is 0 Å². The van der Waals surface area contributed by atoms with Crippen LogP contribution in [0, 0.1) is 6.92 Å². The van der Waals surface area contributed by atoms with Gasteiger partial charge in [-0.05, 0) is 31.0 Å². The lowest BCUT2D eigenvalue weighted by Crippen LogP contribution is -2.16. The molecule has 1 heterocycles. The van der Waals surface area contributed by atoms with Crippen molar-refractivity contribution in [3.05, 3.63) is 57.8 Å². The van der Waals surface area contributed by atoms with Gasteiger partial charge in [-0.15, -0.1) is 11.3 Å². The Morgan fingerprint density at radius 2 is 2.00 bits per heavy atom. The van der Waals surface area contributed by atoms with Gasteiger partial charge in [-0.1, -0.05) is 30.3 Å². The minimum Gasteiger partial charge on any atom is -0.308 e. The molecular weight excluding hydrogens is 226 g/mol. The van der Waals surface area contributed by atoms with Crippen LogP contribution in [0.4, 0.5) is 0 Å². The SMILES string of the molecule is Cc1ccc(CNC2CC2c2ccccc2)s1. The summed E-state index contributed by atoms with van der Waals surface area (Å²) in [7, 11) is 0. The lowest BCUT2D eigenvalue weighted by molar-refractivity contribution is 0.679. The molecule has 88 valence electrons. The minimum absolute atomic E-state index is 0.680. The van der Waals surface area contributed by atoms with E-state index < -0.39 is 0 Å². The minimum atomic E-state index is 0.680. The normalized spacial score (nSPS) is 22.6. The van der Waals surface area contributed by atoms with Crippen molar-refractivity contribution >= 4 is 11.3 Å². The lowest BCUT2D eigenvalue weighted by Gasteiger charge is -2.02. The van der Waals surface area contributed by atoms with Gasteiger partial charge in [0, 0.05) is 28.3 Å². The fourth-order valence-electron chi connectivity index (χ4n) is 2.30. The molecule has 1 aliphatic carbocycles. The molecule has 1 nitrogen and oxygen atoms in total. The predicted molar refractivity (Wildman–Crippen MR) is 73.5 cm³/mol. The van der Waals surface area contributed by atoms with E-state index >= 15 is 0 Å². The van der Waals surface area contributed by atoms with Gasteiger partial charge in [0.2, 0.25) is 0 Å². The zero-order chi connectivity index (χ0) is 11.7. The second-order valence-corrected chi connectivity index (χ2v) is 6.13. The molecule has 0 saturated heterocycles. The first kappa shape index (κ1) is 11.0. The molecule has 2 atom stereocenters. The maximum absolute atomic E-state index is 3.65. The molecule has 3 rings (SSSR count).